The predicted octanol–water partition coefficient (Wildman–Crippen LogP) is 28.6. The summed E-state index contributed by atoms with van der Waals surface area (Å²) in [6, 6.07) is 40.0. The normalized spacial score (nSPS) is 12.2. The summed E-state index contributed by atoms with van der Waals surface area (Å²) in [6.07, 6.45) is 70.9. The molecule has 0 amide bonds. The van der Waals surface area contributed by atoms with Crippen LogP contribution in [0.25, 0.3) is 16.9 Å². The topological polar surface area (TPSA) is 25.3 Å². The summed E-state index contributed by atoms with van der Waals surface area (Å²) in [4.78, 5) is 0. The molecule has 4 aromatic carbocycles. The van der Waals surface area contributed by atoms with Crippen molar-refractivity contribution in [3.63, 3.8) is 0 Å². The van der Waals surface area contributed by atoms with E-state index in [0.717, 1.165) is 62.8 Å². The first-order valence-electron chi connectivity index (χ1n) is 38.2. The minimum absolute atomic E-state index is 0. The van der Waals surface area contributed by atoms with E-state index in [1.54, 1.807) is 4.70 Å². The molecular formula is C86H136N2Ni. The van der Waals surface area contributed by atoms with E-state index in [0.29, 0.717) is 0 Å². The zero-order valence-electron chi connectivity index (χ0n) is 59.0. The van der Waals surface area contributed by atoms with Crippen molar-refractivity contribution in [2.45, 2.75) is 363 Å². The molecule has 500 valence electrons. The molecule has 0 saturated carbocycles. The van der Waals surface area contributed by atoms with Gasteiger partial charge >= 0.3 is 16.5 Å². The van der Waals surface area contributed by atoms with Crippen molar-refractivity contribution in [3.05, 3.63) is 171 Å². The van der Waals surface area contributed by atoms with Gasteiger partial charge in [-0.1, -0.05) is 310 Å². The summed E-state index contributed by atoms with van der Waals surface area (Å²) in [5, 5.41) is 0. The van der Waals surface area contributed by atoms with Crippen molar-refractivity contribution < 1.29 is 21.2 Å². The molecule has 0 spiro atoms. The predicted molar refractivity (Wildman–Crippen MR) is 391 cm³/mol. The van der Waals surface area contributed by atoms with E-state index < -0.39 is 0 Å². The Morgan fingerprint density at radius 1 is 0.303 bits per heavy atom. The van der Waals surface area contributed by atoms with E-state index in [9.17, 15) is 5.53 Å². The molecule has 0 saturated heterocycles. The van der Waals surface area contributed by atoms with Crippen molar-refractivity contribution in [2.75, 3.05) is 0 Å². The monoisotopic (exact) mass is 1260 g/mol. The minimum atomic E-state index is 0. The van der Waals surface area contributed by atoms with Crippen LogP contribution < -0.4 is 0 Å². The SMILES string of the molecule is CCCCCCCCCCCCCCCCCCCCC=CC1=C(c2cc(CCCCCCCC)cc(CCCCCCCC)c2)[N+](=[N-])C(c2cc(CCCCCCCC)cc(CCCCCCCC)c2)=C1CCCC.[Ni+2].[c-]1ccccc1.[c-]1ccccc1. The second-order valence-electron chi connectivity index (χ2n) is 26.5. The largest absolute Gasteiger partial charge is 2.00 e. The molecule has 0 unspecified atom stereocenters. The quantitative estimate of drug-likeness (QED) is 0.0182. The average molecular weight is 1260 g/mol. The third-order valence-electron chi connectivity index (χ3n) is 18.2. The van der Waals surface area contributed by atoms with Gasteiger partial charge in [-0.25, -0.2) is 4.70 Å². The number of nitrogens with zero attached hydrogens (tertiary/aromatic N) is 2. The first-order chi connectivity index (χ1) is 43.5. The van der Waals surface area contributed by atoms with Crippen LogP contribution in [-0.2, 0) is 42.2 Å². The van der Waals surface area contributed by atoms with Crippen molar-refractivity contribution in [3.8, 4) is 0 Å². The number of unbranched alkanes of at least 4 members (excludes halogenated alkanes) is 39. The van der Waals surface area contributed by atoms with Gasteiger partial charge < -0.3 is 5.53 Å². The maximum absolute atomic E-state index is 13.1. The number of aryl methyl sites for hydroxylation is 4. The van der Waals surface area contributed by atoms with Gasteiger partial charge in [-0.05, 0) is 124 Å². The third kappa shape index (κ3) is 40.7. The number of allylic oxidation sites excluding steroid dienone is 4. The van der Waals surface area contributed by atoms with Gasteiger partial charge in [0.15, 0.2) is 0 Å². The van der Waals surface area contributed by atoms with Gasteiger partial charge in [-0.15, -0.1) is 0 Å². The molecule has 0 bridgehead atoms. The smallest absolute Gasteiger partial charge is 0.493 e. The number of benzene rings is 4. The maximum Gasteiger partial charge on any atom is 2.00 e. The third-order valence-corrected chi connectivity index (χ3v) is 18.2. The van der Waals surface area contributed by atoms with Gasteiger partial charge in [0.05, 0.1) is 5.57 Å². The van der Waals surface area contributed by atoms with Crippen LogP contribution in [0.2, 0.25) is 0 Å². The van der Waals surface area contributed by atoms with E-state index in [1.165, 1.54) is 314 Å². The van der Waals surface area contributed by atoms with Gasteiger partial charge in [0.25, 0.3) is 0 Å². The summed E-state index contributed by atoms with van der Waals surface area (Å²) in [5.41, 5.74) is 26.1. The summed E-state index contributed by atoms with van der Waals surface area (Å²) >= 11 is 0. The molecule has 0 N–H and O–H groups in total. The Morgan fingerprint density at radius 2 is 0.573 bits per heavy atom. The van der Waals surface area contributed by atoms with Gasteiger partial charge in [-0.2, -0.15) is 72.8 Å². The van der Waals surface area contributed by atoms with Crippen LogP contribution in [0.3, 0.4) is 0 Å². The molecule has 0 atom stereocenters. The minimum Gasteiger partial charge on any atom is -0.493 e. The average Bonchev–Trinajstić information content (AvgIpc) is 1.69. The molecule has 0 aromatic heterocycles. The molecule has 3 heteroatoms. The van der Waals surface area contributed by atoms with Crippen LogP contribution >= 0.6 is 0 Å². The maximum atomic E-state index is 13.1. The molecule has 4 aromatic rings. The molecule has 2 nitrogen and oxygen atoms in total. The van der Waals surface area contributed by atoms with Crippen molar-refractivity contribution in [2.24, 2.45) is 0 Å². The summed E-state index contributed by atoms with van der Waals surface area (Å²) < 4.78 is 1.71. The molecule has 1 heterocycles. The number of rotatable bonds is 53. The van der Waals surface area contributed by atoms with E-state index in [4.69, 9.17) is 0 Å². The number of hydrogen-bond acceptors (Lipinski definition) is 0. The van der Waals surface area contributed by atoms with E-state index in [2.05, 4.69) is 102 Å². The fourth-order valence-electron chi connectivity index (χ4n) is 12.8. The Balaban J connectivity index is 0.00000184. The van der Waals surface area contributed by atoms with Gasteiger partial charge in [0.1, 0.15) is 0 Å². The zero-order valence-corrected chi connectivity index (χ0v) is 59.9. The van der Waals surface area contributed by atoms with Crippen molar-refractivity contribution in [1.82, 2.24) is 0 Å². The van der Waals surface area contributed by atoms with Gasteiger partial charge in [-0.3, -0.25) is 0 Å². The Hall–Kier alpha value is -3.81. The van der Waals surface area contributed by atoms with Crippen LogP contribution in [0.5, 0.6) is 0 Å². The first-order valence-corrected chi connectivity index (χ1v) is 38.2. The van der Waals surface area contributed by atoms with Crippen LogP contribution in [0.1, 0.15) is 370 Å². The van der Waals surface area contributed by atoms with Crippen LogP contribution in [0, 0.1) is 12.1 Å². The molecular weight excluding hydrogens is 1120 g/mol. The second kappa shape index (κ2) is 59.2. The fourth-order valence-corrected chi connectivity index (χ4v) is 12.8. The van der Waals surface area contributed by atoms with Crippen molar-refractivity contribution >= 4 is 11.4 Å². The molecule has 5 rings (SSSR count). The zero-order chi connectivity index (χ0) is 62.8. The Kier molecular flexibility index (Phi) is 54.1. The molecule has 0 fully saturated rings. The van der Waals surface area contributed by atoms with Crippen LogP contribution in [0.15, 0.2) is 120 Å². The van der Waals surface area contributed by atoms with E-state index >= 15 is 0 Å². The van der Waals surface area contributed by atoms with Crippen LogP contribution in [-0.4, -0.2) is 4.70 Å². The number of hydrogen-bond donors (Lipinski definition) is 0. The fraction of sp³-hybridized carbons (Fsp3) is 0.651. The van der Waals surface area contributed by atoms with Crippen molar-refractivity contribution in [1.29, 1.82) is 0 Å². The van der Waals surface area contributed by atoms with E-state index in [-0.39, 0.29) is 16.5 Å². The Labute approximate surface area is 563 Å². The van der Waals surface area contributed by atoms with Gasteiger partial charge in [0.2, 0.25) is 11.4 Å². The summed E-state index contributed by atoms with van der Waals surface area (Å²) in [7, 11) is 0. The standard InChI is InChI=1S/C74H126N2.2C6H5.Ni/c1-7-13-19-24-29-30-31-32-33-34-35-36-37-38-39-40-41-42-47-52-58-72-71(57-18-12-6)73(69-61-65(53-48-43-25-20-14-8-2)59-66(62-69)54-49-44-26-21-15-9-3)76(75)74(72)70-63-67(55-50-45-27-22-16-10-4)60-68(64-70)56-51-46-28-23-17-11-5;2*1-2-4-6-5-3-1;/h52,58-64H,7-51,53-57H2,1-6H3;2*1-5H;/q;2*-1;+2. The van der Waals surface area contributed by atoms with E-state index in [1.807, 2.05) is 60.7 Å². The Morgan fingerprint density at radius 3 is 0.843 bits per heavy atom. The molecule has 0 aliphatic carbocycles. The second-order valence-corrected chi connectivity index (χ2v) is 26.5. The van der Waals surface area contributed by atoms with Gasteiger partial charge in [0, 0.05) is 16.7 Å². The molecule has 1 aliphatic rings. The molecule has 1 aliphatic heterocycles. The first kappa shape index (κ1) is 81.3. The van der Waals surface area contributed by atoms with Crippen LogP contribution in [0.4, 0.5) is 0 Å². The summed E-state index contributed by atoms with van der Waals surface area (Å²) in [6.45, 7) is 13.9. The summed E-state index contributed by atoms with van der Waals surface area (Å²) in [5.74, 6) is 0. The molecule has 0 radical (unpaired) electrons. The molecule has 89 heavy (non-hydrogen) atoms. The Bertz CT molecular complexity index is 2170.